The van der Waals surface area contributed by atoms with Gasteiger partial charge in [0.2, 0.25) is 0 Å². The second-order valence-electron chi connectivity index (χ2n) is 5.44. The Bertz CT molecular complexity index is 491. The molecule has 0 saturated carbocycles. The van der Waals surface area contributed by atoms with E-state index >= 15 is 0 Å². The van der Waals surface area contributed by atoms with Crippen LogP contribution in [0.15, 0.2) is 35.9 Å². The Hall–Kier alpha value is -1.59. The second-order valence-corrected chi connectivity index (χ2v) is 5.44. The summed E-state index contributed by atoms with van der Waals surface area (Å²) in [5.41, 5.74) is 1.71. The summed E-state index contributed by atoms with van der Waals surface area (Å²) in [5.74, 6) is 0. The highest BCUT2D eigenvalue weighted by atomic mass is 16.3. The number of rotatable bonds is 2. The first kappa shape index (κ1) is 13.8. The number of hydrogen-bond donors (Lipinski definition) is 1. The van der Waals surface area contributed by atoms with E-state index in [-0.39, 0.29) is 0 Å². The fourth-order valence-electron chi connectivity index (χ4n) is 2.69. The van der Waals surface area contributed by atoms with E-state index in [1.807, 2.05) is 19.1 Å². The summed E-state index contributed by atoms with van der Waals surface area (Å²) in [6, 6.07) is 9.37. The van der Waals surface area contributed by atoms with Gasteiger partial charge in [0.05, 0.1) is 11.6 Å². The molecule has 0 aliphatic heterocycles. The lowest BCUT2D eigenvalue weighted by Crippen LogP contribution is -2.24. The van der Waals surface area contributed by atoms with Gasteiger partial charge in [-0.25, -0.2) is 0 Å². The van der Waals surface area contributed by atoms with Crippen LogP contribution >= 0.6 is 0 Å². The van der Waals surface area contributed by atoms with Crippen LogP contribution < -0.4 is 0 Å². The molecule has 2 nitrogen and oxygen atoms in total. The van der Waals surface area contributed by atoms with Crippen molar-refractivity contribution in [2.75, 3.05) is 0 Å². The van der Waals surface area contributed by atoms with E-state index in [1.54, 1.807) is 12.1 Å². The lowest BCUT2D eigenvalue weighted by Gasteiger charge is -2.28. The van der Waals surface area contributed by atoms with Crippen molar-refractivity contribution in [1.29, 1.82) is 5.26 Å². The number of aliphatic hydroxyl groups is 1. The maximum absolute atomic E-state index is 10.8. The monoisotopic (exact) mass is 255 g/mol. The first-order valence-corrected chi connectivity index (χ1v) is 7.07. The molecule has 0 amide bonds. The van der Waals surface area contributed by atoms with Crippen LogP contribution in [0.25, 0.3) is 0 Å². The molecule has 0 saturated heterocycles. The number of benzene rings is 1. The van der Waals surface area contributed by atoms with Crippen molar-refractivity contribution in [3.8, 4) is 6.07 Å². The van der Waals surface area contributed by atoms with Gasteiger partial charge in [0.25, 0.3) is 0 Å². The molecule has 1 unspecified atom stereocenters. The Labute approximate surface area is 115 Å². The smallest absolute Gasteiger partial charge is 0.108 e. The van der Waals surface area contributed by atoms with Crippen molar-refractivity contribution in [2.24, 2.45) is 0 Å². The number of nitrogens with zero attached hydrogens (tertiary/aromatic N) is 1. The Morgan fingerprint density at radius 2 is 1.79 bits per heavy atom. The van der Waals surface area contributed by atoms with Gasteiger partial charge in [-0.2, -0.15) is 5.26 Å². The molecule has 2 rings (SSSR count). The van der Waals surface area contributed by atoms with Crippen LogP contribution in [0.5, 0.6) is 0 Å². The molecule has 1 aromatic rings. The molecule has 0 fully saturated rings. The van der Waals surface area contributed by atoms with E-state index in [4.69, 9.17) is 5.26 Å². The summed E-state index contributed by atoms with van der Waals surface area (Å²) in [6.07, 6.45) is 9.14. The standard InChI is InChI=1S/C17H21NO/c1-17(19,15-7-5-3-2-4-6-8-15)16-11-9-14(13-18)10-12-16/h7,9-12,19H,2-6,8H2,1H3/b15-7+. The highest BCUT2D eigenvalue weighted by molar-refractivity contribution is 5.37. The highest BCUT2D eigenvalue weighted by Gasteiger charge is 2.27. The molecule has 0 spiro atoms. The molecular formula is C17H21NO. The minimum absolute atomic E-state index is 0.631. The highest BCUT2D eigenvalue weighted by Crippen LogP contribution is 2.34. The van der Waals surface area contributed by atoms with Crippen molar-refractivity contribution < 1.29 is 5.11 Å². The van der Waals surface area contributed by atoms with Crippen LogP contribution in [0.3, 0.4) is 0 Å². The summed E-state index contributed by atoms with van der Waals surface area (Å²) < 4.78 is 0. The van der Waals surface area contributed by atoms with Gasteiger partial charge in [-0.3, -0.25) is 0 Å². The molecule has 1 aliphatic carbocycles. The zero-order valence-electron chi connectivity index (χ0n) is 11.5. The largest absolute Gasteiger partial charge is 0.381 e. The molecule has 0 bridgehead atoms. The Kier molecular flexibility index (Phi) is 4.39. The second kappa shape index (κ2) is 6.04. The van der Waals surface area contributed by atoms with E-state index < -0.39 is 5.60 Å². The van der Waals surface area contributed by atoms with Crippen molar-refractivity contribution in [3.05, 3.63) is 47.0 Å². The molecular weight excluding hydrogens is 234 g/mol. The van der Waals surface area contributed by atoms with E-state index in [0.29, 0.717) is 5.56 Å². The van der Waals surface area contributed by atoms with Crippen LogP contribution in [-0.4, -0.2) is 5.11 Å². The SMILES string of the molecule is CC(O)(/C1=C/CCCCCC1)c1ccc(C#N)cc1. The quantitative estimate of drug-likeness (QED) is 0.810. The Morgan fingerprint density at radius 3 is 2.47 bits per heavy atom. The third-order valence-electron chi connectivity index (χ3n) is 3.99. The van der Waals surface area contributed by atoms with Gasteiger partial charge in [0.15, 0.2) is 0 Å². The topological polar surface area (TPSA) is 44.0 Å². The molecule has 1 aromatic carbocycles. The lowest BCUT2D eigenvalue weighted by atomic mass is 9.83. The van der Waals surface area contributed by atoms with Crippen molar-refractivity contribution in [3.63, 3.8) is 0 Å². The third-order valence-corrected chi connectivity index (χ3v) is 3.99. The Balaban J connectivity index is 2.26. The van der Waals surface area contributed by atoms with E-state index in [0.717, 1.165) is 30.4 Å². The van der Waals surface area contributed by atoms with Crippen LogP contribution in [-0.2, 0) is 5.60 Å². The molecule has 100 valence electrons. The molecule has 1 atom stereocenters. The molecule has 0 radical (unpaired) electrons. The average Bonchev–Trinajstić information content (AvgIpc) is 2.38. The first-order valence-electron chi connectivity index (χ1n) is 7.07. The fraction of sp³-hybridized carbons (Fsp3) is 0.471. The zero-order chi connectivity index (χ0) is 13.7. The zero-order valence-corrected chi connectivity index (χ0v) is 11.5. The number of hydrogen-bond acceptors (Lipinski definition) is 2. The maximum Gasteiger partial charge on any atom is 0.108 e. The molecule has 0 heterocycles. The van der Waals surface area contributed by atoms with Gasteiger partial charge in [0.1, 0.15) is 5.60 Å². The molecule has 19 heavy (non-hydrogen) atoms. The van der Waals surface area contributed by atoms with Gasteiger partial charge in [-0.15, -0.1) is 0 Å². The van der Waals surface area contributed by atoms with Gasteiger partial charge >= 0.3 is 0 Å². The summed E-state index contributed by atoms with van der Waals surface area (Å²) in [5, 5.41) is 19.7. The van der Waals surface area contributed by atoms with Gasteiger partial charge in [0, 0.05) is 0 Å². The summed E-state index contributed by atoms with van der Waals surface area (Å²) in [6.45, 7) is 1.86. The fourth-order valence-corrected chi connectivity index (χ4v) is 2.69. The normalized spacial score (nSPS) is 22.3. The van der Waals surface area contributed by atoms with E-state index in [1.165, 1.54) is 19.3 Å². The summed E-state index contributed by atoms with van der Waals surface area (Å²) in [4.78, 5) is 0. The minimum atomic E-state index is -0.911. The molecule has 2 heteroatoms. The van der Waals surface area contributed by atoms with Crippen LogP contribution in [0.1, 0.15) is 56.6 Å². The Morgan fingerprint density at radius 1 is 1.11 bits per heavy atom. The average molecular weight is 255 g/mol. The van der Waals surface area contributed by atoms with Gasteiger partial charge < -0.3 is 5.11 Å². The third kappa shape index (κ3) is 3.24. The molecule has 1 aliphatic rings. The van der Waals surface area contributed by atoms with Crippen LogP contribution in [0, 0.1) is 11.3 Å². The maximum atomic E-state index is 10.8. The predicted octanol–water partition coefficient (Wildman–Crippen LogP) is 4.05. The van der Waals surface area contributed by atoms with Gasteiger partial charge in [-0.05, 0) is 55.9 Å². The number of nitriles is 1. The van der Waals surface area contributed by atoms with Crippen LogP contribution in [0.4, 0.5) is 0 Å². The molecule has 0 aromatic heterocycles. The summed E-state index contributed by atoms with van der Waals surface area (Å²) in [7, 11) is 0. The van der Waals surface area contributed by atoms with Gasteiger partial charge in [-0.1, -0.05) is 31.1 Å². The van der Waals surface area contributed by atoms with Crippen molar-refractivity contribution in [1.82, 2.24) is 0 Å². The van der Waals surface area contributed by atoms with Crippen molar-refractivity contribution >= 4 is 0 Å². The predicted molar refractivity (Wildman–Crippen MR) is 76.5 cm³/mol. The van der Waals surface area contributed by atoms with Crippen LogP contribution in [0.2, 0.25) is 0 Å². The van der Waals surface area contributed by atoms with Crippen molar-refractivity contribution in [2.45, 2.75) is 51.0 Å². The minimum Gasteiger partial charge on any atom is -0.381 e. The summed E-state index contributed by atoms with van der Waals surface area (Å²) >= 11 is 0. The number of allylic oxidation sites excluding steroid dienone is 1. The van der Waals surface area contributed by atoms with E-state index in [2.05, 4.69) is 12.1 Å². The lowest BCUT2D eigenvalue weighted by molar-refractivity contribution is 0.0922. The van der Waals surface area contributed by atoms with E-state index in [9.17, 15) is 5.11 Å². The molecule has 1 N–H and O–H groups in total. The first-order chi connectivity index (χ1) is 9.14.